The van der Waals surface area contributed by atoms with E-state index < -0.39 is 0 Å². The van der Waals surface area contributed by atoms with Crippen molar-refractivity contribution >= 4 is 23.5 Å². The Hall–Kier alpha value is -3.58. The van der Waals surface area contributed by atoms with E-state index in [-0.39, 0.29) is 0 Å². The van der Waals surface area contributed by atoms with Crippen molar-refractivity contribution in [3.8, 4) is 11.1 Å². The molecular formula is C44H74N6O. The number of rotatable bonds is 12. The van der Waals surface area contributed by atoms with Crippen LogP contribution in [-0.2, 0) is 11.3 Å². The van der Waals surface area contributed by atoms with Crippen LogP contribution in [0.3, 0.4) is 0 Å². The molecule has 2 aromatic rings. The Balaban J connectivity index is 0.00000206. The molecule has 1 aliphatic carbocycles. The highest BCUT2D eigenvalue weighted by Gasteiger charge is 2.26. The number of carbonyl (C=O) groups excluding carboxylic acids is 1. The minimum atomic E-state index is 0.300. The molecule has 0 radical (unpaired) electrons. The van der Waals surface area contributed by atoms with E-state index in [0.29, 0.717) is 42.5 Å². The Morgan fingerprint density at radius 2 is 1.71 bits per heavy atom. The molecule has 1 heterocycles. The van der Waals surface area contributed by atoms with Gasteiger partial charge in [-0.2, -0.15) is 0 Å². The summed E-state index contributed by atoms with van der Waals surface area (Å²) < 4.78 is 0. The number of amides is 1. The van der Waals surface area contributed by atoms with E-state index in [9.17, 15) is 4.79 Å². The molecule has 4 rings (SSSR count). The Bertz CT molecular complexity index is 1390. The number of anilines is 2. The number of unbranched alkanes of at least 4 members (excludes halogenated alkanes) is 1. The summed E-state index contributed by atoms with van der Waals surface area (Å²) in [7, 11) is 2.19. The van der Waals surface area contributed by atoms with E-state index in [1.165, 1.54) is 36.0 Å². The van der Waals surface area contributed by atoms with Crippen LogP contribution >= 0.6 is 0 Å². The maximum absolute atomic E-state index is 13.4. The maximum atomic E-state index is 13.4. The van der Waals surface area contributed by atoms with Crippen LogP contribution in [0.2, 0.25) is 0 Å². The van der Waals surface area contributed by atoms with Gasteiger partial charge in [-0.25, -0.2) is 4.99 Å². The zero-order valence-electron chi connectivity index (χ0n) is 34.7. The highest BCUT2D eigenvalue weighted by Crippen LogP contribution is 2.36. The van der Waals surface area contributed by atoms with Gasteiger partial charge in [0.25, 0.3) is 0 Å². The number of aryl methyl sites for hydroxylation is 1. The number of benzene rings is 2. The summed E-state index contributed by atoms with van der Waals surface area (Å²) in [6.45, 7) is 30.0. The summed E-state index contributed by atoms with van der Waals surface area (Å²) in [6, 6.07) is 14.2. The molecule has 1 atom stereocenters. The van der Waals surface area contributed by atoms with Gasteiger partial charge in [-0.3, -0.25) is 4.79 Å². The molecule has 1 aliphatic heterocycles. The fourth-order valence-corrected chi connectivity index (χ4v) is 6.54. The minimum Gasteiger partial charge on any atom is -0.396 e. The van der Waals surface area contributed by atoms with Crippen LogP contribution in [0.25, 0.3) is 11.1 Å². The number of carbonyl (C=O) groups is 1. The van der Waals surface area contributed by atoms with Crippen LogP contribution in [0, 0.1) is 6.92 Å². The predicted octanol–water partition coefficient (Wildman–Crippen LogP) is 10.9. The fraction of sp³-hybridized carbons (Fsp3) is 0.591. The first-order chi connectivity index (χ1) is 24.6. The van der Waals surface area contributed by atoms with E-state index in [1.54, 1.807) is 6.21 Å². The number of allylic oxidation sites excluding steroid dienone is 1. The molecule has 7 nitrogen and oxygen atoms in total. The highest BCUT2D eigenvalue weighted by atomic mass is 16.2. The lowest BCUT2D eigenvalue weighted by atomic mass is 9.92. The van der Waals surface area contributed by atoms with E-state index in [2.05, 4.69) is 95.8 Å². The van der Waals surface area contributed by atoms with Gasteiger partial charge in [-0.1, -0.05) is 98.9 Å². The minimum absolute atomic E-state index is 0.300. The van der Waals surface area contributed by atoms with Crippen LogP contribution in [0.15, 0.2) is 65.1 Å². The molecule has 1 saturated heterocycles. The van der Waals surface area contributed by atoms with Crippen molar-refractivity contribution in [2.75, 3.05) is 36.9 Å². The molecule has 0 aromatic heterocycles. The summed E-state index contributed by atoms with van der Waals surface area (Å²) >= 11 is 0. The van der Waals surface area contributed by atoms with Crippen molar-refractivity contribution in [1.29, 1.82) is 0 Å². The van der Waals surface area contributed by atoms with Crippen LogP contribution in [-0.4, -0.2) is 60.7 Å². The maximum Gasteiger partial charge on any atom is 0.223 e. The second kappa shape index (κ2) is 24.6. The summed E-state index contributed by atoms with van der Waals surface area (Å²) in [6.07, 6.45) is 10.3. The molecular weight excluding hydrogens is 629 g/mol. The average molecular weight is 703 g/mol. The van der Waals surface area contributed by atoms with Gasteiger partial charge in [0.15, 0.2) is 5.82 Å². The van der Waals surface area contributed by atoms with E-state index in [4.69, 9.17) is 5.73 Å². The SMILES string of the molecule is C=C(C)/C(N)=C(\N=C/C)Nc1cc(-c2cc(CN(C(=O)CCCC)C3CCCCC3)ccc2C)ccc1N1CCN(C)C(C)C1.CC.CC.CC. The molecule has 1 unspecified atom stereocenters. The molecule has 3 N–H and O–H groups in total. The second-order valence-corrected chi connectivity index (χ2v) is 13.1. The van der Waals surface area contributed by atoms with E-state index >= 15 is 0 Å². The number of piperazine rings is 1. The topological polar surface area (TPSA) is 77.2 Å². The quantitative estimate of drug-likeness (QED) is 0.170. The Kier molecular flexibility index (Phi) is 21.9. The van der Waals surface area contributed by atoms with Crippen molar-refractivity contribution in [1.82, 2.24) is 9.80 Å². The first-order valence-electron chi connectivity index (χ1n) is 20.0. The second-order valence-electron chi connectivity index (χ2n) is 13.1. The van der Waals surface area contributed by atoms with Crippen LogP contribution in [0.1, 0.15) is 132 Å². The summed E-state index contributed by atoms with van der Waals surface area (Å²) in [4.78, 5) is 25.1. The average Bonchev–Trinajstić information content (AvgIpc) is 3.16. The third-order valence-electron chi connectivity index (χ3n) is 9.57. The first kappa shape index (κ1) is 45.4. The Morgan fingerprint density at radius 3 is 2.29 bits per heavy atom. The lowest BCUT2D eigenvalue weighted by Crippen LogP contribution is -2.50. The van der Waals surface area contributed by atoms with Gasteiger partial charge in [0.2, 0.25) is 5.91 Å². The Labute approximate surface area is 313 Å². The standard InChI is InChI=1S/C38H56N6O.3C2H6/c1-8-10-16-36(45)44(32-14-12-11-13-15-32)26-30-18-17-28(5)33(23-30)31-19-20-35(43-22-21-42(7)29(6)25-43)34(24-31)41-38(40-9-2)37(39)27(3)4;3*1-2/h9,17-20,23-24,29,32,41H,3,8,10-16,21-22,25-26,39H2,1-2,4-7H3;3*1-2H3/b38-37-,40-9-;;;. The van der Waals surface area contributed by atoms with Gasteiger partial charge in [0.1, 0.15) is 0 Å². The predicted molar refractivity (Wildman–Crippen MR) is 226 cm³/mol. The molecule has 0 spiro atoms. The van der Waals surface area contributed by atoms with Crippen molar-refractivity contribution < 1.29 is 4.79 Å². The van der Waals surface area contributed by atoms with E-state index in [1.807, 2.05) is 55.4 Å². The number of aliphatic imine (C=N–C) groups is 1. The van der Waals surface area contributed by atoms with Crippen LogP contribution in [0.4, 0.5) is 11.4 Å². The van der Waals surface area contributed by atoms with Crippen molar-refractivity contribution in [3.05, 3.63) is 71.2 Å². The van der Waals surface area contributed by atoms with Crippen molar-refractivity contribution in [2.24, 2.45) is 10.7 Å². The van der Waals surface area contributed by atoms with E-state index in [0.717, 1.165) is 67.8 Å². The van der Waals surface area contributed by atoms with Crippen molar-refractivity contribution in [3.63, 3.8) is 0 Å². The normalized spacial score (nSPS) is 16.8. The molecule has 286 valence electrons. The molecule has 2 aromatic carbocycles. The van der Waals surface area contributed by atoms with Gasteiger partial charge in [0.05, 0.1) is 17.1 Å². The van der Waals surface area contributed by atoms with Crippen LogP contribution in [0.5, 0.6) is 0 Å². The van der Waals surface area contributed by atoms with Gasteiger partial charge in [0, 0.05) is 50.9 Å². The zero-order valence-corrected chi connectivity index (χ0v) is 34.7. The van der Waals surface area contributed by atoms with Gasteiger partial charge >= 0.3 is 0 Å². The van der Waals surface area contributed by atoms with Crippen molar-refractivity contribution in [2.45, 2.75) is 146 Å². The molecule has 1 amide bonds. The molecule has 2 fully saturated rings. The molecule has 51 heavy (non-hydrogen) atoms. The molecule has 1 saturated carbocycles. The third kappa shape index (κ3) is 13.5. The number of likely N-dealkylation sites (N-methyl/N-ethyl adjacent to an activating group) is 1. The molecule has 2 aliphatic rings. The number of hydrogen-bond acceptors (Lipinski definition) is 6. The summed E-state index contributed by atoms with van der Waals surface area (Å²) in [5.74, 6) is 0.902. The number of nitrogens with one attached hydrogen (secondary N) is 1. The fourth-order valence-electron chi connectivity index (χ4n) is 6.54. The lowest BCUT2D eigenvalue weighted by Gasteiger charge is -2.40. The molecule has 7 heteroatoms. The smallest absolute Gasteiger partial charge is 0.223 e. The number of nitrogens with zero attached hydrogens (tertiary/aromatic N) is 4. The molecule has 0 bridgehead atoms. The first-order valence-corrected chi connectivity index (χ1v) is 20.0. The van der Waals surface area contributed by atoms with Gasteiger partial charge in [-0.15, -0.1) is 0 Å². The lowest BCUT2D eigenvalue weighted by molar-refractivity contribution is -0.135. The monoisotopic (exact) mass is 703 g/mol. The summed E-state index contributed by atoms with van der Waals surface area (Å²) in [5.41, 5.74) is 14.6. The largest absolute Gasteiger partial charge is 0.396 e. The number of nitrogens with two attached hydrogens (primary N) is 1. The van der Waals surface area contributed by atoms with Gasteiger partial charge < -0.3 is 25.8 Å². The highest BCUT2D eigenvalue weighted by molar-refractivity contribution is 5.81. The van der Waals surface area contributed by atoms with Gasteiger partial charge in [-0.05, 0) is 100 Å². The number of hydrogen-bond donors (Lipinski definition) is 2. The summed E-state index contributed by atoms with van der Waals surface area (Å²) in [5, 5.41) is 3.59. The zero-order chi connectivity index (χ0) is 38.5. The van der Waals surface area contributed by atoms with Crippen LogP contribution < -0.4 is 16.0 Å². The third-order valence-corrected chi connectivity index (χ3v) is 9.57. The Morgan fingerprint density at radius 1 is 1.04 bits per heavy atom.